The lowest BCUT2D eigenvalue weighted by molar-refractivity contribution is -0.138. The van der Waals surface area contributed by atoms with Crippen LogP contribution in [0.1, 0.15) is 73.0 Å². The molecule has 3 aromatic carbocycles. The van der Waals surface area contributed by atoms with Gasteiger partial charge in [-0.25, -0.2) is 0 Å². The van der Waals surface area contributed by atoms with Crippen LogP contribution in [0.3, 0.4) is 0 Å². The number of carbonyl (C=O) groups is 2. The first kappa shape index (κ1) is 28.8. The van der Waals surface area contributed by atoms with Gasteiger partial charge in [0.2, 0.25) is 0 Å². The Morgan fingerprint density at radius 1 is 0.868 bits per heavy atom. The monoisotopic (exact) mass is 527 g/mol. The molecule has 0 aliphatic carbocycles. The molecule has 3 rings (SSSR count). The zero-order valence-electron chi connectivity index (χ0n) is 21.3. The van der Waals surface area contributed by atoms with Gasteiger partial charge in [-0.05, 0) is 65.9 Å². The maximum absolute atomic E-state index is 12.9. The van der Waals surface area contributed by atoms with E-state index in [0.717, 1.165) is 55.4 Å². The number of carbonyl (C=O) groups excluding carboxylic acids is 1. The number of carboxylic acid groups (broad SMARTS) is 1. The molecule has 3 aromatic rings. The third-order valence-electron chi connectivity index (χ3n) is 6.17. The molecule has 0 aliphatic rings. The topological polar surface area (TPSA) is 75.6 Å². The zero-order valence-corrected chi connectivity index (χ0v) is 21.3. The third-order valence-corrected chi connectivity index (χ3v) is 6.17. The predicted octanol–water partition coefficient (Wildman–Crippen LogP) is 7.67. The first-order chi connectivity index (χ1) is 18.2. The number of hydrogen-bond donors (Lipinski definition) is 2. The number of ether oxygens (including phenoxy) is 1. The Morgan fingerprint density at radius 3 is 2.03 bits per heavy atom. The summed E-state index contributed by atoms with van der Waals surface area (Å²) in [5.41, 5.74) is 2.19. The van der Waals surface area contributed by atoms with Crippen molar-refractivity contribution in [3.63, 3.8) is 0 Å². The molecule has 202 valence electrons. The van der Waals surface area contributed by atoms with Crippen molar-refractivity contribution in [2.45, 2.75) is 57.7 Å². The van der Waals surface area contributed by atoms with Crippen LogP contribution in [0.15, 0.2) is 72.8 Å². The van der Waals surface area contributed by atoms with Gasteiger partial charge in [-0.3, -0.25) is 9.59 Å². The summed E-state index contributed by atoms with van der Waals surface area (Å²) in [7, 11) is 0. The summed E-state index contributed by atoms with van der Waals surface area (Å²) in [6, 6.07) is 19.4. The molecule has 8 heteroatoms. The van der Waals surface area contributed by atoms with Gasteiger partial charge in [0.05, 0.1) is 12.0 Å². The molecular weight excluding hydrogens is 495 g/mol. The second kappa shape index (κ2) is 13.7. The van der Waals surface area contributed by atoms with E-state index in [0.29, 0.717) is 16.9 Å². The molecule has 38 heavy (non-hydrogen) atoms. The van der Waals surface area contributed by atoms with Crippen molar-refractivity contribution in [3.05, 3.63) is 89.5 Å². The second-order valence-electron chi connectivity index (χ2n) is 9.08. The molecule has 0 unspecified atom stereocenters. The maximum atomic E-state index is 12.9. The Hall–Kier alpha value is -3.81. The lowest BCUT2D eigenvalue weighted by Crippen LogP contribution is -2.25. The van der Waals surface area contributed by atoms with Crippen molar-refractivity contribution < 1.29 is 32.6 Å². The summed E-state index contributed by atoms with van der Waals surface area (Å²) < 4.78 is 44.9. The summed E-state index contributed by atoms with van der Waals surface area (Å²) in [5, 5.41) is 11.3. The fourth-order valence-electron chi connectivity index (χ4n) is 4.03. The van der Waals surface area contributed by atoms with Crippen LogP contribution in [0.5, 0.6) is 5.75 Å². The number of hydrogen-bond acceptors (Lipinski definition) is 3. The first-order valence-electron chi connectivity index (χ1n) is 12.7. The molecule has 0 spiro atoms. The molecule has 0 radical (unpaired) electrons. The molecule has 0 fully saturated rings. The average Bonchev–Trinajstić information content (AvgIpc) is 2.90. The van der Waals surface area contributed by atoms with Gasteiger partial charge in [-0.2, -0.15) is 13.2 Å². The van der Waals surface area contributed by atoms with E-state index in [2.05, 4.69) is 12.2 Å². The summed E-state index contributed by atoms with van der Waals surface area (Å²) >= 11 is 0. The Morgan fingerprint density at radius 2 is 1.47 bits per heavy atom. The van der Waals surface area contributed by atoms with E-state index in [1.807, 2.05) is 24.3 Å². The van der Waals surface area contributed by atoms with E-state index in [-0.39, 0.29) is 25.0 Å². The van der Waals surface area contributed by atoms with Crippen molar-refractivity contribution in [1.82, 2.24) is 5.32 Å². The van der Waals surface area contributed by atoms with E-state index in [9.17, 15) is 22.8 Å². The molecule has 0 aromatic heterocycles. The first-order valence-corrected chi connectivity index (χ1v) is 12.7. The molecule has 1 atom stereocenters. The smallest absolute Gasteiger partial charge is 0.416 e. The minimum Gasteiger partial charge on any atom is -0.486 e. The Labute approximate surface area is 220 Å². The fourth-order valence-corrected chi connectivity index (χ4v) is 4.03. The van der Waals surface area contributed by atoms with Crippen LogP contribution < -0.4 is 10.1 Å². The number of amides is 1. The highest BCUT2D eigenvalue weighted by Gasteiger charge is 2.30. The highest BCUT2D eigenvalue weighted by Crippen LogP contribution is 2.32. The van der Waals surface area contributed by atoms with Gasteiger partial charge in [-0.15, -0.1) is 0 Å². The molecule has 5 nitrogen and oxygen atoms in total. The molecule has 0 bridgehead atoms. The van der Waals surface area contributed by atoms with Gasteiger partial charge in [0.25, 0.3) is 5.91 Å². The van der Waals surface area contributed by atoms with Gasteiger partial charge in [0.15, 0.2) is 0 Å². The van der Waals surface area contributed by atoms with Gasteiger partial charge in [0.1, 0.15) is 11.9 Å². The minimum atomic E-state index is -4.37. The molecule has 1 amide bonds. The molecule has 0 saturated heterocycles. The molecule has 0 heterocycles. The molecular formula is C30H32F3NO4. The lowest BCUT2D eigenvalue weighted by atomic mass is 9.98. The number of carboxylic acids is 1. The van der Waals surface area contributed by atoms with Crippen LogP contribution in [0.4, 0.5) is 13.2 Å². The summed E-state index contributed by atoms with van der Waals surface area (Å²) in [4.78, 5) is 22.8. The molecule has 2 N–H and O–H groups in total. The third kappa shape index (κ3) is 8.64. The number of rotatable bonds is 13. The van der Waals surface area contributed by atoms with Crippen LogP contribution in [0.2, 0.25) is 0 Å². The number of alkyl halides is 3. The Kier molecular flexibility index (Phi) is 10.3. The Bertz CT molecular complexity index is 1170. The maximum Gasteiger partial charge on any atom is 0.416 e. The molecule has 0 aliphatic heterocycles. The number of aliphatic carboxylic acids is 1. The van der Waals surface area contributed by atoms with Crippen molar-refractivity contribution in [2.75, 3.05) is 6.54 Å². The van der Waals surface area contributed by atoms with Crippen LogP contribution in [-0.2, 0) is 11.0 Å². The number of nitrogens with one attached hydrogen (secondary N) is 1. The highest BCUT2D eigenvalue weighted by molar-refractivity contribution is 5.94. The number of unbranched alkanes of at least 4 members (excludes halogenated alkanes) is 3. The quantitative estimate of drug-likeness (QED) is 0.224. The SMILES string of the molecule is CCCCCC[C@@H](Oc1ccc(C(=O)NCCC(=O)O)cc1)c1ccc(-c2ccc(C(F)(F)F)cc2)cc1. The van der Waals surface area contributed by atoms with Crippen LogP contribution in [-0.4, -0.2) is 23.5 Å². The summed E-state index contributed by atoms with van der Waals surface area (Å²) in [6.07, 6.45) is 0.339. The predicted molar refractivity (Wildman–Crippen MR) is 140 cm³/mol. The van der Waals surface area contributed by atoms with E-state index < -0.39 is 17.7 Å². The zero-order chi connectivity index (χ0) is 27.5. The minimum absolute atomic E-state index is 0.0503. The van der Waals surface area contributed by atoms with E-state index in [1.54, 1.807) is 24.3 Å². The lowest BCUT2D eigenvalue weighted by Gasteiger charge is -2.20. The number of benzene rings is 3. The fraction of sp³-hybridized carbons (Fsp3) is 0.333. The van der Waals surface area contributed by atoms with Crippen LogP contribution >= 0.6 is 0 Å². The van der Waals surface area contributed by atoms with Gasteiger partial charge in [-0.1, -0.05) is 62.6 Å². The van der Waals surface area contributed by atoms with Gasteiger partial charge in [0, 0.05) is 12.1 Å². The Balaban J connectivity index is 1.71. The standard InChI is InChI=1S/C30H32F3NO4/c1-2-3-4-5-6-27(38-26-17-13-24(14-18-26)29(37)34-20-19-28(35)36)23-9-7-21(8-10-23)22-11-15-25(16-12-22)30(31,32)33/h7-18,27H,2-6,19-20H2,1H3,(H,34,37)(H,35,36)/t27-/m1/s1. The normalized spacial score (nSPS) is 12.1. The highest BCUT2D eigenvalue weighted by atomic mass is 19.4. The van der Waals surface area contributed by atoms with Gasteiger partial charge >= 0.3 is 12.1 Å². The second-order valence-corrected chi connectivity index (χ2v) is 9.08. The average molecular weight is 528 g/mol. The van der Waals surface area contributed by atoms with E-state index >= 15 is 0 Å². The van der Waals surface area contributed by atoms with Gasteiger partial charge < -0.3 is 15.2 Å². The van der Waals surface area contributed by atoms with Crippen LogP contribution in [0.25, 0.3) is 11.1 Å². The number of halogens is 3. The molecule has 0 saturated carbocycles. The summed E-state index contributed by atoms with van der Waals surface area (Å²) in [5.74, 6) is -0.737. The van der Waals surface area contributed by atoms with Crippen molar-refractivity contribution in [2.24, 2.45) is 0 Å². The van der Waals surface area contributed by atoms with Crippen molar-refractivity contribution >= 4 is 11.9 Å². The van der Waals surface area contributed by atoms with E-state index in [4.69, 9.17) is 9.84 Å². The van der Waals surface area contributed by atoms with Crippen LogP contribution in [0, 0.1) is 0 Å². The van der Waals surface area contributed by atoms with Crippen molar-refractivity contribution in [3.8, 4) is 16.9 Å². The summed E-state index contributed by atoms with van der Waals surface area (Å²) in [6.45, 7) is 2.20. The van der Waals surface area contributed by atoms with Crippen molar-refractivity contribution in [1.29, 1.82) is 0 Å². The van der Waals surface area contributed by atoms with E-state index in [1.165, 1.54) is 12.1 Å². The largest absolute Gasteiger partial charge is 0.486 e.